The first kappa shape index (κ1) is 13.1. The Kier molecular flexibility index (Phi) is 4.15. The Morgan fingerprint density at radius 1 is 1.58 bits per heavy atom. The summed E-state index contributed by atoms with van der Waals surface area (Å²) < 4.78 is 6.40. The molecular formula is C12H11N3O3S. The van der Waals surface area contributed by atoms with E-state index in [0.29, 0.717) is 30.3 Å². The van der Waals surface area contributed by atoms with Crippen LogP contribution in [0.25, 0.3) is 10.2 Å². The number of carbonyl (C=O) groups is 1. The summed E-state index contributed by atoms with van der Waals surface area (Å²) in [6.07, 6.45) is -0.439. The Balaban J connectivity index is 1.90. The van der Waals surface area contributed by atoms with Crippen LogP contribution in [0.2, 0.25) is 0 Å². The van der Waals surface area contributed by atoms with E-state index in [1.165, 1.54) is 11.3 Å². The third-order valence-corrected chi connectivity index (χ3v) is 3.24. The van der Waals surface area contributed by atoms with Crippen molar-refractivity contribution < 1.29 is 14.6 Å². The van der Waals surface area contributed by atoms with Crippen LogP contribution in [0.5, 0.6) is 5.75 Å². The molecule has 2 rings (SSSR count). The maximum Gasteiger partial charge on any atom is 0.404 e. The highest BCUT2D eigenvalue weighted by Gasteiger charge is 2.04. The predicted molar refractivity (Wildman–Crippen MR) is 70.5 cm³/mol. The minimum Gasteiger partial charge on any atom is -0.493 e. The predicted octanol–water partition coefficient (Wildman–Crippen LogP) is 2.20. The van der Waals surface area contributed by atoms with Gasteiger partial charge in [-0.3, -0.25) is 0 Å². The van der Waals surface area contributed by atoms with Crippen LogP contribution in [0.4, 0.5) is 4.79 Å². The summed E-state index contributed by atoms with van der Waals surface area (Å²) in [5.41, 5.74) is 0.779. The van der Waals surface area contributed by atoms with Crippen molar-refractivity contribution in [1.82, 2.24) is 10.3 Å². The molecule has 0 atom stereocenters. The number of hydrogen-bond donors (Lipinski definition) is 2. The number of fused-ring (bicyclic) bond motifs is 1. The maximum atomic E-state index is 10.2. The fourth-order valence-corrected chi connectivity index (χ4v) is 2.29. The SMILES string of the molecule is N#Cc1nc2ccc(OCCCNC(=O)O)cc2s1. The van der Waals surface area contributed by atoms with Gasteiger partial charge < -0.3 is 15.2 Å². The molecule has 0 spiro atoms. The van der Waals surface area contributed by atoms with Crippen LogP contribution in [-0.4, -0.2) is 29.3 Å². The molecule has 1 aromatic carbocycles. The van der Waals surface area contributed by atoms with E-state index in [4.69, 9.17) is 15.1 Å². The largest absolute Gasteiger partial charge is 0.493 e. The third kappa shape index (κ3) is 3.56. The smallest absolute Gasteiger partial charge is 0.404 e. The molecule has 0 fully saturated rings. The molecular weight excluding hydrogens is 266 g/mol. The van der Waals surface area contributed by atoms with E-state index in [1.807, 2.05) is 12.1 Å². The van der Waals surface area contributed by atoms with E-state index in [0.717, 1.165) is 10.2 Å². The number of nitrogens with one attached hydrogen (secondary N) is 1. The molecule has 0 saturated heterocycles. The molecule has 1 aromatic heterocycles. The Bertz CT molecular complexity index is 633. The number of rotatable bonds is 5. The van der Waals surface area contributed by atoms with E-state index < -0.39 is 6.09 Å². The van der Waals surface area contributed by atoms with Crippen LogP contribution < -0.4 is 10.1 Å². The zero-order valence-electron chi connectivity index (χ0n) is 9.92. The number of ether oxygens (including phenoxy) is 1. The lowest BCUT2D eigenvalue weighted by Gasteiger charge is -2.05. The molecule has 0 unspecified atom stereocenters. The molecule has 19 heavy (non-hydrogen) atoms. The lowest BCUT2D eigenvalue weighted by molar-refractivity contribution is 0.193. The standard InChI is InChI=1S/C12H11N3O3S/c13-7-11-15-9-3-2-8(6-10(9)19-11)18-5-1-4-14-12(16)17/h2-3,6,14H,1,4-5H2,(H,16,17). The zero-order valence-corrected chi connectivity index (χ0v) is 10.7. The second kappa shape index (κ2) is 6.02. The van der Waals surface area contributed by atoms with Crippen molar-refractivity contribution in [3.8, 4) is 11.8 Å². The first-order valence-electron chi connectivity index (χ1n) is 5.59. The first-order chi connectivity index (χ1) is 9.19. The molecule has 0 aliphatic heterocycles. The lowest BCUT2D eigenvalue weighted by atomic mass is 10.3. The monoisotopic (exact) mass is 277 g/mol. The normalized spacial score (nSPS) is 10.1. The van der Waals surface area contributed by atoms with Crippen molar-refractivity contribution >= 4 is 27.6 Å². The number of nitrogens with zero attached hydrogens (tertiary/aromatic N) is 2. The fraction of sp³-hybridized carbons (Fsp3) is 0.250. The first-order valence-corrected chi connectivity index (χ1v) is 6.41. The molecule has 1 amide bonds. The van der Waals surface area contributed by atoms with Crippen molar-refractivity contribution in [2.75, 3.05) is 13.2 Å². The van der Waals surface area contributed by atoms with Gasteiger partial charge in [-0.2, -0.15) is 5.26 Å². The highest BCUT2D eigenvalue weighted by atomic mass is 32.1. The molecule has 0 aliphatic rings. The molecule has 0 saturated carbocycles. The minimum atomic E-state index is -1.03. The zero-order chi connectivity index (χ0) is 13.7. The number of amides is 1. The molecule has 98 valence electrons. The number of nitriles is 1. The van der Waals surface area contributed by atoms with E-state index in [-0.39, 0.29) is 0 Å². The van der Waals surface area contributed by atoms with Crippen molar-refractivity contribution in [3.63, 3.8) is 0 Å². The Labute approximate surface area is 113 Å². The Morgan fingerprint density at radius 3 is 3.16 bits per heavy atom. The van der Waals surface area contributed by atoms with Gasteiger partial charge in [0, 0.05) is 6.54 Å². The lowest BCUT2D eigenvalue weighted by Crippen LogP contribution is -2.23. The van der Waals surface area contributed by atoms with Crippen LogP contribution in [-0.2, 0) is 0 Å². The van der Waals surface area contributed by atoms with Crippen LogP contribution in [0, 0.1) is 11.3 Å². The summed E-state index contributed by atoms with van der Waals surface area (Å²) in [5.74, 6) is 0.691. The number of carboxylic acid groups (broad SMARTS) is 1. The van der Waals surface area contributed by atoms with Crippen molar-refractivity contribution in [2.24, 2.45) is 0 Å². The molecule has 0 bridgehead atoms. The summed E-state index contributed by atoms with van der Waals surface area (Å²) in [6.45, 7) is 0.784. The summed E-state index contributed by atoms with van der Waals surface area (Å²) in [5, 5.41) is 19.8. The molecule has 0 aliphatic carbocycles. The van der Waals surface area contributed by atoms with Gasteiger partial charge in [0.25, 0.3) is 0 Å². The van der Waals surface area contributed by atoms with Gasteiger partial charge in [-0.05, 0) is 24.6 Å². The molecule has 2 aromatic rings. The van der Waals surface area contributed by atoms with Gasteiger partial charge in [0.2, 0.25) is 0 Å². The Hall–Kier alpha value is -2.33. The van der Waals surface area contributed by atoms with E-state index in [1.54, 1.807) is 12.1 Å². The van der Waals surface area contributed by atoms with Gasteiger partial charge in [0.05, 0.1) is 16.8 Å². The van der Waals surface area contributed by atoms with Crippen LogP contribution >= 0.6 is 11.3 Å². The van der Waals surface area contributed by atoms with Crippen LogP contribution in [0.3, 0.4) is 0 Å². The van der Waals surface area contributed by atoms with E-state index in [9.17, 15) is 4.79 Å². The van der Waals surface area contributed by atoms with Crippen molar-refractivity contribution in [2.45, 2.75) is 6.42 Å². The maximum absolute atomic E-state index is 10.2. The van der Waals surface area contributed by atoms with Crippen molar-refractivity contribution in [3.05, 3.63) is 23.2 Å². The number of thiazole rings is 1. The van der Waals surface area contributed by atoms with E-state index >= 15 is 0 Å². The molecule has 6 nitrogen and oxygen atoms in total. The highest BCUT2D eigenvalue weighted by Crippen LogP contribution is 2.25. The minimum absolute atomic E-state index is 0.358. The molecule has 0 radical (unpaired) electrons. The molecule has 1 heterocycles. The average molecular weight is 277 g/mol. The second-order valence-corrected chi connectivity index (χ2v) is 4.72. The third-order valence-electron chi connectivity index (χ3n) is 2.32. The number of benzene rings is 1. The van der Waals surface area contributed by atoms with Gasteiger partial charge in [-0.25, -0.2) is 9.78 Å². The summed E-state index contributed by atoms with van der Waals surface area (Å²) in [7, 11) is 0. The van der Waals surface area contributed by atoms with Gasteiger partial charge in [0.1, 0.15) is 11.8 Å². The summed E-state index contributed by atoms with van der Waals surface area (Å²) in [4.78, 5) is 14.4. The van der Waals surface area contributed by atoms with E-state index in [2.05, 4.69) is 10.3 Å². The Morgan fingerprint density at radius 2 is 2.42 bits per heavy atom. The fourth-order valence-electron chi connectivity index (χ4n) is 1.50. The molecule has 7 heteroatoms. The van der Waals surface area contributed by atoms with Crippen molar-refractivity contribution in [1.29, 1.82) is 5.26 Å². The number of aromatic nitrogens is 1. The summed E-state index contributed by atoms with van der Waals surface area (Å²) in [6, 6.07) is 7.43. The summed E-state index contributed by atoms with van der Waals surface area (Å²) >= 11 is 1.32. The van der Waals surface area contributed by atoms with Gasteiger partial charge >= 0.3 is 6.09 Å². The topological polar surface area (TPSA) is 95.2 Å². The van der Waals surface area contributed by atoms with Gasteiger partial charge in [-0.1, -0.05) is 0 Å². The van der Waals surface area contributed by atoms with Crippen LogP contribution in [0.15, 0.2) is 18.2 Å². The van der Waals surface area contributed by atoms with Gasteiger partial charge in [-0.15, -0.1) is 11.3 Å². The highest BCUT2D eigenvalue weighted by molar-refractivity contribution is 7.19. The van der Waals surface area contributed by atoms with Gasteiger partial charge in [0.15, 0.2) is 5.01 Å². The molecule has 2 N–H and O–H groups in total. The quantitative estimate of drug-likeness (QED) is 0.817. The number of hydrogen-bond acceptors (Lipinski definition) is 5. The van der Waals surface area contributed by atoms with Crippen LogP contribution in [0.1, 0.15) is 11.4 Å². The average Bonchev–Trinajstić information content (AvgIpc) is 2.80. The second-order valence-electron chi connectivity index (χ2n) is 3.69.